The zero-order valence-corrected chi connectivity index (χ0v) is 17.4. The average Bonchev–Trinajstić information content (AvgIpc) is 2.97. The Morgan fingerprint density at radius 1 is 1.14 bits per heavy atom. The zero-order chi connectivity index (χ0) is 19.9. The second-order valence-corrected chi connectivity index (χ2v) is 7.83. The van der Waals surface area contributed by atoms with Crippen LogP contribution < -0.4 is 5.43 Å². The van der Waals surface area contributed by atoms with E-state index in [0.717, 1.165) is 34.0 Å². The van der Waals surface area contributed by atoms with Crippen molar-refractivity contribution in [3.63, 3.8) is 0 Å². The number of amides is 1. The predicted molar refractivity (Wildman–Crippen MR) is 119 cm³/mol. The molecular formula is C22H22ClN3OS. The quantitative estimate of drug-likeness (QED) is 0.432. The minimum Gasteiger partial charge on any atom is -0.318 e. The van der Waals surface area contributed by atoms with Crippen LogP contribution in [0.3, 0.4) is 0 Å². The largest absolute Gasteiger partial charge is 0.318 e. The highest BCUT2D eigenvalue weighted by molar-refractivity contribution is 7.99. The molecule has 3 aromatic rings. The second-order valence-electron chi connectivity index (χ2n) is 6.41. The Bertz CT molecular complexity index is 965. The van der Waals surface area contributed by atoms with Gasteiger partial charge in [0.1, 0.15) is 0 Å². The van der Waals surface area contributed by atoms with E-state index in [4.69, 9.17) is 11.6 Å². The Morgan fingerprint density at radius 3 is 2.57 bits per heavy atom. The fourth-order valence-corrected chi connectivity index (χ4v) is 3.85. The standard InChI is InChI=1S/C22H22ClN3OS/c1-16-12-19(17(2)26(16)21-6-4-3-5-7-21)13-24-25-22(27)15-28-14-18-8-10-20(23)11-9-18/h3-13H,14-15H2,1-2H3,(H,25,27)/b24-13-. The van der Waals surface area contributed by atoms with Gasteiger partial charge in [0.05, 0.1) is 12.0 Å². The van der Waals surface area contributed by atoms with Crippen molar-refractivity contribution in [3.05, 3.63) is 88.2 Å². The SMILES string of the molecule is Cc1cc(/C=N\NC(=O)CSCc2ccc(Cl)cc2)c(C)n1-c1ccccc1. The van der Waals surface area contributed by atoms with Crippen LogP contribution in [0, 0.1) is 13.8 Å². The number of aryl methyl sites for hydroxylation is 1. The minimum atomic E-state index is -0.118. The molecule has 144 valence electrons. The van der Waals surface area contributed by atoms with E-state index >= 15 is 0 Å². The van der Waals surface area contributed by atoms with Crippen molar-refractivity contribution in [1.82, 2.24) is 9.99 Å². The molecule has 6 heteroatoms. The van der Waals surface area contributed by atoms with E-state index in [1.807, 2.05) is 49.4 Å². The number of rotatable bonds is 7. The first-order valence-corrected chi connectivity index (χ1v) is 10.5. The van der Waals surface area contributed by atoms with Gasteiger partial charge in [-0.25, -0.2) is 5.43 Å². The van der Waals surface area contributed by atoms with Crippen molar-refractivity contribution < 1.29 is 4.79 Å². The summed E-state index contributed by atoms with van der Waals surface area (Å²) in [5.74, 6) is 0.988. The van der Waals surface area contributed by atoms with E-state index < -0.39 is 0 Å². The van der Waals surface area contributed by atoms with Crippen molar-refractivity contribution in [1.29, 1.82) is 0 Å². The molecule has 0 unspecified atom stereocenters. The van der Waals surface area contributed by atoms with Crippen molar-refractivity contribution in [2.75, 3.05) is 5.75 Å². The number of nitrogens with one attached hydrogen (secondary N) is 1. The number of nitrogens with zero attached hydrogens (tertiary/aromatic N) is 2. The van der Waals surface area contributed by atoms with Gasteiger partial charge < -0.3 is 4.57 Å². The molecule has 0 atom stereocenters. The summed E-state index contributed by atoms with van der Waals surface area (Å²) in [4.78, 5) is 12.0. The number of benzene rings is 2. The summed E-state index contributed by atoms with van der Waals surface area (Å²) in [6.45, 7) is 4.11. The maximum Gasteiger partial charge on any atom is 0.250 e. The van der Waals surface area contributed by atoms with Crippen LogP contribution in [-0.2, 0) is 10.5 Å². The molecule has 0 saturated carbocycles. The van der Waals surface area contributed by atoms with E-state index in [1.165, 1.54) is 0 Å². The number of carbonyl (C=O) groups excluding carboxylic acids is 1. The predicted octanol–water partition coefficient (Wildman–Crippen LogP) is 5.13. The molecule has 2 aromatic carbocycles. The number of para-hydroxylation sites is 1. The topological polar surface area (TPSA) is 46.4 Å². The number of hydrazone groups is 1. The molecule has 0 radical (unpaired) electrons. The molecule has 4 nitrogen and oxygen atoms in total. The Morgan fingerprint density at radius 2 is 1.86 bits per heavy atom. The summed E-state index contributed by atoms with van der Waals surface area (Å²) in [5.41, 5.74) is 8.03. The number of carbonyl (C=O) groups is 1. The molecule has 1 N–H and O–H groups in total. The third-order valence-corrected chi connectivity index (χ3v) is 5.55. The van der Waals surface area contributed by atoms with Crippen molar-refractivity contribution in [2.45, 2.75) is 19.6 Å². The molecule has 0 aliphatic heterocycles. The van der Waals surface area contributed by atoms with E-state index in [-0.39, 0.29) is 5.91 Å². The summed E-state index contributed by atoms with van der Waals surface area (Å²) in [7, 11) is 0. The van der Waals surface area contributed by atoms with Gasteiger partial charge in [-0.2, -0.15) is 5.10 Å². The first-order chi connectivity index (χ1) is 13.5. The molecule has 1 heterocycles. The molecule has 0 aliphatic carbocycles. The first-order valence-electron chi connectivity index (χ1n) is 8.93. The van der Waals surface area contributed by atoms with Crippen LogP contribution in [0.15, 0.2) is 65.8 Å². The average molecular weight is 412 g/mol. The fraction of sp³-hybridized carbons (Fsp3) is 0.182. The highest BCUT2D eigenvalue weighted by Crippen LogP contribution is 2.19. The Hall–Kier alpha value is -2.50. The molecular weight excluding hydrogens is 390 g/mol. The smallest absolute Gasteiger partial charge is 0.250 e. The van der Waals surface area contributed by atoms with Crippen LogP contribution in [0.4, 0.5) is 0 Å². The lowest BCUT2D eigenvalue weighted by molar-refractivity contribution is -0.118. The Labute approximate surface area is 174 Å². The monoisotopic (exact) mass is 411 g/mol. The molecule has 0 saturated heterocycles. The normalized spacial score (nSPS) is 11.1. The Kier molecular flexibility index (Phi) is 6.95. The van der Waals surface area contributed by atoms with Crippen LogP contribution in [0.2, 0.25) is 5.02 Å². The van der Waals surface area contributed by atoms with Gasteiger partial charge in [-0.3, -0.25) is 4.79 Å². The maximum absolute atomic E-state index is 12.0. The summed E-state index contributed by atoms with van der Waals surface area (Å²) >= 11 is 7.41. The highest BCUT2D eigenvalue weighted by atomic mass is 35.5. The molecule has 28 heavy (non-hydrogen) atoms. The van der Waals surface area contributed by atoms with Crippen LogP contribution in [0.5, 0.6) is 0 Å². The fourth-order valence-electron chi connectivity index (χ4n) is 2.94. The zero-order valence-electron chi connectivity index (χ0n) is 15.9. The molecule has 0 bridgehead atoms. The van der Waals surface area contributed by atoms with Gasteiger partial charge in [-0.15, -0.1) is 11.8 Å². The van der Waals surface area contributed by atoms with Gasteiger partial charge in [0.15, 0.2) is 0 Å². The minimum absolute atomic E-state index is 0.118. The van der Waals surface area contributed by atoms with E-state index in [1.54, 1.807) is 18.0 Å². The highest BCUT2D eigenvalue weighted by Gasteiger charge is 2.09. The molecule has 3 rings (SSSR count). The van der Waals surface area contributed by atoms with Crippen LogP contribution in [0.1, 0.15) is 22.5 Å². The van der Waals surface area contributed by atoms with Gasteiger partial charge in [0.2, 0.25) is 5.91 Å². The van der Waals surface area contributed by atoms with E-state index in [2.05, 4.69) is 40.2 Å². The number of aromatic nitrogens is 1. The van der Waals surface area contributed by atoms with Crippen LogP contribution >= 0.6 is 23.4 Å². The lowest BCUT2D eigenvalue weighted by Gasteiger charge is -2.08. The number of thioether (sulfide) groups is 1. The number of halogens is 1. The molecule has 0 aliphatic rings. The number of hydrogen-bond acceptors (Lipinski definition) is 3. The first kappa shape index (κ1) is 20.2. The number of hydrogen-bond donors (Lipinski definition) is 1. The van der Waals surface area contributed by atoms with Crippen molar-refractivity contribution in [2.24, 2.45) is 5.10 Å². The Balaban J connectivity index is 1.53. The van der Waals surface area contributed by atoms with E-state index in [0.29, 0.717) is 10.8 Å². The van der Waals surface area contributed by atoms with Gasteiger partial charge in [-0.05, 0) is 49.7 Å². The van der Waals surface area contributed by atoms with Gasteiger partial charge in [0.25, 0.3) is 0 Å². The van der Waals surface area contributed by atoms with Crippen molar-refractivity contribution >= 4 is 35.5 Å². The molecule has 1 aromatic heterocycles. The van der Waals surface area contributed by atoms with Gasteiger partial charge >= 0.3 is 0 Å². The van der Waals surface area contributed by atoms with Crippen molar-refractivity contribution in [3.8, 4) is 5.69 Å². The molecule has 0 fully saturated rings. The molecule has 0 spiro atoms. The van der Waals surface area contributed by atoms with Crippen LogP contribution in [-0.4, -0.2) is 22.4 Å². The third kappa shape index (κ3) is 5.27. The lowest BCUT2D eigenvalue weighted by atomic mass is 10.2. The second kappa shape index (κ2) is 9.62. The summed E-state index contributed by atoms with van der Waals surface area (Å²) < 4.78 is 2.17. The maximum atomic E-state index is 12.0. The summed E-state index contributed by atoms with van der Waals surface area (Å²) in [5, 5.41) is 4.83. The van der Waals surface area contributed by atoms with Gasteiger partial charge in [0, 0.05) is 33.4 Å². The summed E-state index contributed by atoms with van der Waals surface area (Å²) in [6.07, 6.45) is 1.70. The van der Waals surface area contributed by atoms with Crippen LogP contribution in [0.25, 0.3) is 5.69 Å². The molecule has 1 amide bonds. The summed E-state index contributed by atoms with van der Waals surface area (Å²) in [6, 6.07) is 19.9. The third-order valence-electron chi connectivity index (χ3n) is 4.29. The van der Waals surface area contributed by atoms with E-state index in [9.17, 15) is 4.79 Å². The lowest BCUT2D eigenvalue weighted by Crippen LogP contribution is -2.19. The van der Waals surface area contributed by atoms with Gasteiger partial charge in [-0.1, -0.05) is 41.9 Å².